The average Bonchev–Trinajstić information content (AvgIpc) is 3.06. The van der Waals surface area contributed by atoms with Crippen LogP contribution in [0.3, 0.4) is 0 Å². The van der Waals surface area contributed by atoms with Gasteiger partial charge in [-0.2, -0.15) is 5.10 Å². The van der Waals surface area contributed by atoms with Crippen LogP contribution in [0.1, 0.15) is 16.8 Å². The molecule has 0 fully saturated rings. The number of nitrogens with zero attached hydrogens (tertiary/aromatic N) is 4. The van der Waals surface area contributed by atoms with Gasteiger partial charge in [0, 0.05) is 18.3 Å². The van der Waals surface area contributed by atoms with E-state index in [1.165, 1.54) is 12.1 Å². The van der Waals surface area contributed by atoms with Crippen LogP contribution in [-0.2, 0) is 6.54 Å². The van der Waals surface area contributed by atoms with E-state index in [1.807, 2.05) is 35.9 Å². The van der Waals surface area contributed by atoms with Crippen molar-refractivity contribution in [3.05, 3.63) is 81.7 Å². The van der Waals surface area contributed by atoms with E-state index in [4.69, 9.17) is 9.47 Å². The molecule has 152 valence electrons. The van der Waals surface area contributed by atoms with Crippen LogP contribution in [0.2, 0.25) is 0 Å². The Balaban J connectivity index is 1.68. The highest BCUT2D eigenvalue weighted by Gasteiger charge is 2.16. The molecular formula is C22H20N4O4. The van der Waals surface area contributed by atoms with Crippen molar-refractivity contribution in [1.29, 1.82) is 0 Å². The second-order valence-corrected chi connectivity index (χ2v) is 6.91. The first-order valence-corrected chi connectivity index (χ1v) is 9.34. The van der Waals surface area contributed by atoms with Gasteiger partial charge in [-0.15, -0.1) is 0 Å². The van der Waals surface area contributed by atoms with Crippen molar-refractivity contribution < 1.29 is 14.4 Å². The summed E-state index contributed by atoms with van der Waals surface area (Å²) in [5.41, 5.74) is 3.28. The highest BCUT2D eigenvalue weighted by atomic mass is 16.6. The van der Waals surface area contributed by atoms with Gasteiger partial charge in [0.25, 0.3) is 5.69 Å². The van der Waals surface area contributed by atoms with Gasteiger partial charge in [0.1, 0.15) is 17.2 Å². The van der Waals surface area contributed by atoms with Crippen LogP contribution in [0.4, 0.5) is 5.69 Å². The molecule has 0 N–H and O–H groups in total. The number of nitro benzene ring substituents is 1. The molecule has 0 atom stereocenters. The van der Waals surface area contributed by atoms with E-state index < -0.39 is 4.92 Å². The molecule has 0 radical (unpaired) electrons. The van der Waals surface area contributed by atoms with E-state index in [0.717, 1.165) is 22.4 Å². The molecular weight excluding hydrogens is 384 g/mol. The second kappa shape index (κ2) is 7.82. The summed E-state index contributed by atoms with van der Waals surface area (Å²) in [7, 11) is 1.64. The fourth-order valence-corrected chi connectivity index (χ4v) is 3.33. The third kappa shape index (κ3) is 3.67. The van der Waals surface area contributed by atoms with Gasteiger partial charge >= 0.3 is 0 Å². The summed E-state index contributed by atoms with van der Waals surface area (Å²) >= 11 is 0. The van der Waals surface area contributed by atoms with E-state index >= 15 is 0 Å². The first-order chi connectivity index (χ1) is 14.5. The molecule has 0 bridgehead atoms. The topological polar surface area (TPSA) is 92.3 Å². The quantitative estimate of drug-likeness (QED) is 0.338. The molecule has 4 rings (SSSR count). The van der Waals surface area contributed by atoms with Crippen LogP contribution in [0.15, 0.2) is 54.7 Å². The van der Waals surface area contributed by atoms with Crippen LogP contribution in [0.25, 0.3) is 11.0 Å². The van der Waals surface area contributed by atoms with Gasteiger partial charge in [0.05, 0.1) is 29.7 Å². The molecule has 0 aliphatic heterocycles. The Bertz CT molecular complexity index is 1230. The zero-order valence-corrected chi connectivity index (χ0v) is 16.8. The van der Waals surface area contributed by atoms with Crippen molar-refractivity contribution in [2.24, 2.45) is 0 Å². The van der Waals surface area contributed by atoms with E-state index in [-0.39, 0.29) is 5.69 Å². The number of benzene rings is 2. The number of aryl methyl sites for hydroxylation is 2. The van der Waals surface area contributed by atoms with Crippen LogP contribution < -0.4 is 9.47 Å². The predicted octanol–water partition coefficient (Wildman–Crippen LogP) is 4.81. The molecule has 4 aromatic rings. The van der Waals surface area contributed by atoms with Gasteiger partial charge in [-0.05, 0) is 49.2 Å². The molecule has 0 unspecified atom stereocenters. The monoisotopic (exact) mass is 404 g/mol. The number of hydrogen-bond donors (Lipinski definition) is 0. The predicted molar refractivity (Wildman–Crippen MR) is 112 cm³/mol. The summed E-state index contributed by atoms with van der Waals surface area (Å²) in [4.78, 5) is 15.0. The minimum absolute atomic E-state index is 0.0308. The second-order valence-electron chi connectivity index (χ2n) is 6.91. The number of non-ortho nitro benzene ring substituents is 1. The molecule has 2 heterocycles. The third-order valence-corrected chi connectivity index (χ3v) is 4.85. The molecule has 2 aromatic heterocycles. The van der Waals surface area contributed by atoms with Crippen LogP contribution >= 0.6 is 0 Å². The summed E-state index contributed by atoms with van der Waals surface area (Å²) in [6.07, 6.45) is 1.67. The first-order valence-electron chi connectivity index (χ1n) is 9.34. The lowest BCUT2D eigenvalue weighted by Crippen LogP contribution is -2.03. The number of ether oxygens (including phenoxy) is 2. The maximum atomic E-state index is 11.0. The van der Waals surface area contributed by atoms with Gasteiger partial charge in [0.2, 0.25) is 0 Å². The lowest BCUT2D eigenvalue weighted by atomic mass is 10.2. The van der Waals surface area contributed by atoms with Crippen molar-refractivity contribution in [2.45, 2.75) is 20.4 Å². The molecule has 30 heavy (non-hydrogen) atoms. The number of nitro groups is 1. The maximum absolute atomic E-state index is 11.0. The van der Waals surface area contributed by atoms with Gasteiger partial charge in [-0.1, -0.05) is 12.1 Å². The zero-order valence-electron chi connectivity index (χ0n) is 16.8. The lowest BCUT2D eigenvalue weighted by Gasteiger charge is -2.10. The largest absolute Gasteiger partial charge is 0.497 e. The Kier molecular flexibility index (Phi) is 5.05. The Hall–Kier alpha value is -3.94. The number of hydrogen-bond acceptors (Lipinski definition) is 6. The van der Waals surface area contributed by atoms with Crippen molar-refractivity contribution in [1.82, 2.24) is 14.8 Å². The minimum Gasteiger partial charge on any atom is -0.497 e. The number of methoxy groups -OCH3 is 1. The Morgan fingerprint density at radius 3 is 2.50 bits per heavy atom. The SMILES string of the molecule is COc1ccc(Cn2nc(C)c3c(Oc4ccc([N+](=O)[O-])cc4C)ccnc32)cc1. The molecule has 0 spiro atoms. The maximum Gasteiger partial charge on any atom is 0.269 e. The van der Waals surface area contributed by atoms with E-state index in [9.17, 15) is 10.1 Å². The van der Waals surface area contributed by atoms with E-state index in [1.54, 1.807) is 32.4 Å². The molecule has 0 saturated carbocycles. The molecule has 2 aromatic carbocycles. The molecule has 8 nitrogen and oxygen atoms in total. The van der Waals surface area contributed by atoms with Crippen LogP contribution in [0, 0.1) is 24.0 Å². The Labute approximate surface area is 172 Å². The standard InChI is InChI=1S/C22H20N4O4/c1-14-12-17(26(27)28)6-9-19(14)30-20-10-11-23-22-21(20)15(2)24-25(22)13-16-4-7-18(29-3)8-5-16/h4-12H,13H2,1-3H3. The van der Waals surface area contributed by atoms with Gasteiger partial charge < -0.3 is 9.47 Å². The molecule has 8 heteroatoms. The van der Waals surface area contributed by atoms with Gasteiger partial charge in [0.15, 0.2) is 5.65 Å². The van der Waals surface area contributed by atoms with Crippen molar-refractivity contribution in [3.8, 4) is 17.2 Å². The molecule has 0 saturated heterocycles. The average molecular weight is 404 g/mol. The van der Waals surface area contributed by atoms with Crippen molar-refractivity contribution in [2.75, 3.05) is 7.11 Å². The minimum atomic E-state index is -0.422. The van der Waals surface area contributed by atoms with Crippen LogP contribution in [-0.4, -0.2) is 26.8 Å². The smallest absolute Gasteiger partial charge is 0.269 e. The summed E-state index contributed by atoms with van der Waals surface area (Å²) < 4.78 is 13.1. The number of fused-ring (bicyclic) bond motifs is 1. The highest BCUT2D eigenvalue weighted by molar-refractivity contribution is 5.85. The number of aromatic nitrogens is 3. The molecule has 0 amide bonds. The van der Waals surface area contributed by atoms with Gasteiger partial charge in [-0.3, -0.25) is 10.1 Å². The summed E-state index contributed by atoms with van der Waals surface area (Å²) in [5.74, 6) is 1.96. The number of rotatable bonds is 6. The normalized spacial score (nSPS) is 10.9. The summed E-state index contributed by atoms with van der Waals surface area (Å²) in [6, 6.07) is 14.1. The van der Waals surface area contributed by atoms with Crippen molar-refractivity contribution in [3.63, 3.8) is 0 Å². The number of pyridine rings is 1. The highest BCUT2D eigenvalue weighted by Crippen LogP contribution is 2.34. The molecule has 0 aliphatic carbocycles. The summed E-state index contributed by atoms with van der Waals surface area (Å²) in [5, 5.41) is 16.4. The Morgan fingerprint density at radius 1 is 1.07 bits per heavy atom. The van der Waals surface area contributed by atoms with E-state index in [2.05, 4.69) is 10.1 Å². The van der Waals surface area contributed by atoms with Crippen LogP contribution in [0.5, 0.6) is 17.2 Å². The van der Waals surface area contributed by atoms with Gasteiger partial charge in [-0.25, -0.2) is 9.67 Å². The third-order valence-electron chi connectivity index (χ3n) is 4.85. The zero-order chi connectivity index (χ0) is 21.3. The lowest BCUT2D eigenvalue weighted by molar-refractivity contribution is -0.384. The Morgan fingerprint density at radius 2 is 1.83 bits per heavy atom. The fraction of sp³-hybridized carbons (Fsp3) is 0.182. The summed E-state index contributed by atoms with van der Waals surface area (Å²) in [6.45, 7) is 4.24. The van der Waals surface area contributed by atoms with E-state index in [0.29, 0.717) is 29.3 Å². The molecule has 0 aliphatic rings. The fourth-order valence-electron chi connectivity index (χ4n) is 3.33. The first kappa shape index (κ1) is 19.4. The van der Waals surface area contributed by atoms with Crippen molar-refractivity contribution >= 4 is 16.7 Å².